The summed E-state index contributed by atoms with van der Waals surface area (Å²) in [4.78, 5) is 4.22. The number of anilines is 1. The predicted octanol–water partition coefficient (Wildman–Crippen LogP) is 4.09. The lowest BCUT2D eigenvalue weighted by Gasteiger charge is -2.09. The van der Waals surface area contributed by atoms with Crippen molar-refractivity contribution in [3.05, 3.63) is 57.7 Å². The standard InChI is InChI=1S/C14H13BrF2N2/c1-9-6-11(15)8-19-14(9)18-5-4-10-7-12(16)2-3-13(10)17/h2-3,6-8H,4-5H2,1H3,(H,18,19). The fourth-order valence-electron chi connectivity index (χ4n) is 1.78. The number of nitrogens with one attached hydrogen (secondary N) is 1. The molecule has 5 heteroatoms. The van der Waals surface area contributed by atoms with Crippen LogP contribution < -0.4 is 5.32 Å². The summed E-state index contributed by atoms with van der Waals surface area (Å²) in [5.74, 6) is -0.0574. The fourth-order valence-corrected chi connectivity index (χ4v) is 2.22. The Kier molecular flexibility index (Phi) is 4.47. The van der Waals surface area contributed by atoms with Gasteiger partial charge in [-0.05, 0) is 64.7 Å². The molecule has 1 heterocycles. The first-order valence-electron chi connectivity index (χ1n) is 5.86. The van der Waals surface area contributed by atoms with Crippen LogP contribution in [-0.4, -0.2) is 11.5 Å². The molecule has 0 saturated heterocycles. The van der Waals surface area contributed by atoms with E-state index in [1.807, 2.05) is 13.0 Å². The number of rotatable bonds is 4. The van der Waals surface area contributed by atoms with E-state index in [1.54, 1.807) is 6.20 Å². The van der Waals surface area contributed by atoms with E-state index in [4.69, 9.17) is 0 Å². The number of aromatic nitrogens is 1. The first-order chi connectivity index (χ1) is 9.06. The molecule has 0 bridgehead atoms. The molecule has 0 aliphatic carbocycles. The Balaban J connectivity index is 1.98. The molecule has 0 radical (unpaired) electrons. The molecule has 19 heavy (non-hydrogen) atoms. The van der Waals surface area contributed by atoms with E-state index < -0.39 is 5.82 Å². The second-order valence-corrected chi connectivity index (χ2v) is 5.15. The summed E-state index contributed by atoms with van der Waals surface area (Å²) < 4.78 is 27.3. The molecule has 0 spiro atoms. The smallest absolute Gasteiger partial charge is 0.128 e. The summed E-state index contributed by atoms with van der Waals surface area (Å²) in [6, 6.07) is 5.43. The van der Waals surface area contributed by atoms with E-state index in [1.165, 1.54) is 6.07 Å². The summed E-state index contributed by atoms with van der Waals surface area (Å²) in [5.41, 5.74) is 1.36. The van der Waals surface area contributed by atoms with Crippen LogP contribution in [0.15, 0.2) is 34.9 Å². The number of hydrogen-bond acceptors (Lipinski definition) is 2. The Bertz CT molecular complexity index is 588. The number of nitrogens with zero attached hydrogens (tertiary/aromatic N) is 1. The highest BCUT2D eigenvalue weighted by atomic mass is 79.9. The van der Waals surface area contributed by atoms with Crippen molar-refractivity contribution in [2.24, 2.45) is 0 Å². The van der Waals surface area contributed by atoms with E-state index in [0.717, 1.165) is 28.0 Å². The van der Waals surface area contributed by atoms with Gasteiger partial charge in [0.1, 0.15) is 17.5 Å². The maximum Gasteiger partial charge on any atom is 0.128 e. The van der Waals surface area contributed by atoms with Gasteiger partial charge in [-0.15, -0.1) is 0 Å². The molecule has 0 atom stereocenters. The number of halogens is 3. The minimum absolute atomic E-state index is 0.363. The molecule has 0 saturated carbocycles. The zero-order valence-corrected chi connectivity index (χ0v) is 12.0. The Morgan fingerprint density at radius 3 is 2.79 bits per heavy atom. The van der Waals surface area contributed by atoms with Gasteiger partial charge in [0.15, 0.2) is 0 Å². The number of pyridine rings is 1. The van der Waals surface area contributed by atoms with Gasteiger partial charge in [-0.25, -0.2) is 13.8 Å². The highest BCUT2D eigenvalue weighted by Crippen LogP contribution is 2.17. The van der Waals surface area contributed by atoms with Gasteiger partial charge in [0.05, 0.1) is 0 Å². The van der Waals surface area contributed by atoms with Crippen LogP contribution in [-0.2, 0) is 6.42 Å². The number of hydrogen-bond donors (Lipinski definition) is 1. The van der Waals surface area contributed by atoms with Crippen LogP contribution in [0, 0.1) is 18.6 Å². The minimum Gasteiger partial charge on any atom is -0.370 e. The second kappa shape index (κ2) is 6.10. The van der Waals surface area contributed by atoms with Gasteiger partial charge in [0, 0.05) is 17.2 Å². The van der Waals surface area contributed by atoms with Gasteiger partial charge in [0.25, 0.3) is 0 Å². The molecule has 0 aliphatic heterocycles. The Labute approximate surface area is 119 Å². The summed E-state index contributed by atoms with van der Waals surface area (Å²) in [5, 5.41) is 3.11. The molecule has 1 aromatic heterocycles. The van der Waals surface area contributed by atoms with Crippen molar-refractivity contribution in [3.63, 3.8) is 0 Å². The monoisotopic (exact) mass is 326 g/mol. The SMILES string of the molecule is Cc1cc(Br)cnc1NCCc1cc(F)ccc1F. The molecule has 2 rings (SSSR count). The van der Waals surface area contributed by atoms with Crippen molar-refractivity contribution in [3.8, 4) is 0 Å². The number of benzene rings is 1. The van der Waals surface area contributed by atoms with Crippen LogP contribution in [0.1, 0.15) is 11.1 Å². The first kappa shape index (κ1) is 13.9. The normalized spacial score (nSPS) is 10.5. The second-order valence-electron chi connectivity index (χ2n) is 4.23. The third-order valence-electron chi connectivity index (χ3n) is 2.74. The first-order valence-corrected chi connectivity index (χ1v) is 6.65. The molecular formula is C14H13BrF2N2. The van der Waals surface area contributed by atoms with E-state index in [-0.39, 0.29) is 5.82 Å². The van der Waals surface area contributed by atoms with Crippen LogP contribution >= 0.6 is 15.9 Å². The van der Waals surface area contributed by atoms with Gasteiger partial charge < -0.3 is 5.32 Å². The lowest BCUT2D eigenvalue weighted by molar-refractivity contribution is 0.586. The van der Waals surface area contributed by atoms with Crippen LogP contribution in [0.25, 0.3) is 0 Å². The van der Waals surface area contributed by atoms with Crippen molar-refractivity contribution in [2.75, 3.05) is 11.9 Å². The van der Waals surface area contributed by atoms with Crippen molar-refractivity contribution in [1.29, 1.82) is 0 Å². The lowest BCUT2D eigenvalue weighted by atomic mass is 10.1. The molecule has 1 aromatic carbocycles. The van der Waals surface area contributed by atoms with Gasteiger partial charge >= 0.3 is 0 Å². The minimum atomic E-state index is -0.422. The molecule has 0 aliphatic rings. The molecule has 2 aromatic rings. The predicted molar refractivity (Wildman–Crippen MR) is 75.2 cm³/mol. The summed E-state index contributed by atoms with van der Waals surface area (Å²) in [6.07, 6.45) is 2.10. The molecule has 0 unspecified atom stereocenters. The molecule has 1 N–H and O–H groups in total. The molecule has 0 fully saturated rings. The zero-order valence-electron chi connectivity index (χ0n) is 10.4. The number of aryl methyl sites for hydroxylation is 1. The summed E-state index contributed by atoms with van der Waals surface area (Å²) in [7, 11) is 0. The average molecular weight is 327 g/mol. The lowest BCUT2D eigenvalue weighted by Crippen LogP contribution is -2.08. The van der Waals surface area contributed by atoms with Crippen molar-refractivity contribution in [1.82, 2.24) is 4.98 Å². The highest BCUT2D eigenvalue weighted by Gasteiger charge is 2.05. The molecule has 100 valence electrons. The summed E-state index contributed by atoms with van der Waals surface area (Å²) in [6.45, 7) is 2.43. The quantitative estimate of drug-likeness (QED) is 0.915. The van der Waals surface area contributed by atoms with Crippen LogP contribution in [0.2, 0.25) is 0 Å². The van der Waals surface area contributed by atoms with Gasteiger partial charge in [0.2, 0.25) is 0 Å². The third-order valence-corrected chi connectivity index (χ3v) is 3.17. The zero-order chi connectivity index (χ0) is 13.8. The average Bonchev–Trinajstić information content (AvgIpc) is 2.36. The van der Waals surface area contributed by atoms with Crippen molar-refractivity contribution in [2.45, 2.75) is 13.3 Å². The van der Waals surface area contributed by atoms with E-state index in [2.05, 4.69) is 26.2 Å². The van der Waals surface area contributed by atoms with E-state index >= 15 is 0 Å². The highest BCUT2D eigenvalue weighted by molar-refractivity contribution is 9.10. The van der Waals surface area contributed by atoms with Crippen LogP contribution in [0.4, 0.5) is 14.6 Å². The largest absolute Gasteiger partial charge is 0.370 e. The van der Waals surface area contributed by atoms with Gasteiger partial charge in [-0.1, -0.05) is 0 Å². The maximum absolute atomic E-state index is 13.4. The third kappa shape index (κ3) is 3.73. The van der Waals surface area contributed by atoms with Gasteiger partial charge in [-0.3, -0.25) is 0 Å². The van der Waals surface area contributed by atoms with Crippen LogP contribution in [0.3, 0.4) is 0 Å². The van der Waals surface area contributed by atoms with Gasteiger partial charge in [-0.2, -0.15) is 0 Å². The van der Waals surface area contributed by atoms with Crippen molar-refractivity contribution < 1.29 is 8.78 Å². The van der Waals surface area contributed by atoms with Crippen molar-refractivity contribution >= 4 is 21.7 Å². The molecular weight excluding hydrogens is 314 g/mol. The van der Waals surface area contributed by atoms with Crippen LogP contribution in [0.5, 0.6) is 0 Å². The maximum atomic E-state index is 13.4. The Hall–Kier alpha value is -1.49. The Morgan fingerprint density at radius 2 is 2.05 bits per heavy atom. The van der Waals surface area contributed by atoms with E-state index in [0.29, 0.717) is 18.5 Å². The molecule has 0 amide bonds. The topological polar surface area (TPSA) is 24.9 Å². The Morgan fingerprint density at radius 1 is 1.26 bits per heavy atom. The fraction of sp³-hybridized carbons (Fsp3) is 0.214. The van der Waals surface area contributed by atoms with E-state index in [9.17, 15) is 8.78 Å². The molecule has 2 nitrogen and oxygen atoms in total. The summed E-state index contributed by atoms with van der Waals surface area (Å²) >= 11 is 3.34.